The number of nitrogens with zero attached hydrogens (tertiary/aromatic N) is 5. The van der Waals surface area contributed by atoms with E-state index in [-0.39, 0.29) is 5.49 Å². The maximum absolute atomic E-state index is 12.6. The molecular formula is C20H15F3N6. The van der Waals surface area contributed by atoms with Gasteiger partial charge in [-0.2, -0.15) is 18.3 Å². The van der Waals surface area contributed by atoms with Gasteiger partial charge in [-0.25, -0.2) is 14.6 Å². The number of hydrogen-bond donors (Lipinski definition) is 1. The molecule has 0 fully saturated rings. The van der Waals surface area contributed by atoms with Crippen LogP contribution in [0.1, 0.15) is 16.7 Å². The zero-order valence-corrected chi connectivity index (χ0v) is 15.2. The lowest BCUT2D eigenvalue weighted by Crippen LogP contribution is -2.18. The molecule has 9 heteroatoms. The van der Waals surface area contributed by atoms with Gasteiger partial charge in [0.15, 0.2) is 16.7 Å². The van der Waals surface area contributed by atoms with Crippen LogP contribution in [0.4, 0.5) is 13.2 Å². The van der Waals surface area contributed by atoms with Crippen molar-refractivity contribution in [2.45, 2.75) is 13.1 Å². The Labute approximate surface area is 163 Å². The Morgan fingerprint density at radius 1 is 0.966 bits per heavy atom. The second-order valence-electron chi connectivity index (χ2n) is 6.42. The first-order valence-electron chi connectivity index (χ1n) is 8.61. The van der Waals surface area contributed by atoms with Crippen LogP contribution in [0.25, 0.3) is 16.9 Å². The zero-order chi connectivity index (χ0) is 20.6. The van der Waals surface area contributed by atoms with Crippen molar-refractivity contribution in [1.29, 1.82) is 5.41 Å². The van der Waals surface area contributed by atoms with Crippen LogP contribution < -0.4 is 5.49 Å². The number of alkyl halides is 3. The Balaban J connectivity index is 1.65. The Morgan fingerprint density at radius 3 is 2.31 bits per heavy atom. The van der Waals surface area contributed by atoms with Gasteiger partial charge in [0.2, 0.25) is 0 Å². The largest absolute Gasteiger partial charge is 0.416 e. The van der Waals surface area contributed by atoms with Crippen molar-refractivity contribution in [1.82, 2.24) is 19.2 Å². The van der Waals surface area contributed by atoms with Crippen LogP contribution in [0.5, 0.6) is 0 Å². The number of imidazole rings is 1. The van der Waals surface area contributed by atoms with Crippen LogP contribution in [0.15, 0.2) is 66.3 Å². The van der Waals surface area contributed by atoms with E-state index in [2.05, 4.69) is 15.1 Å². The van der Waals surface area contributed by atoms with Gasteiger partial charge >= 0.3 is 6.18 Å². The fraction of sp³-hybridized carbons (Fsp3) is 0.100. The van der Waals surface area contributed by atoms with Gasteiger partial charge in [-0.15, -0.1) is 0 Å². The Morgan fingerprint density at radius 2 is 1.66 bits per heavy atom. The molecule has 2 heterocycles. The van der Waals surface area contributed by atoms with Crippen molar-refractivity contribution in [3.63, 3.8) is 0 Å². The highest BCUT2D eigenvalue weighted by atomic mass is 19.4. The number of aryl methyl sites for hydroxylation is 1. The van der Waals surface area contributed by atoms with E-state index < -0.39 is 11.7 Å². The highest BCUT2D eigenvalue weighted by Crippen LogP contribution is 2.28. The Kier molecular flexibility index (Phi) is 4.50. The maximum Gasteiger partial charge on any atom is 0.416 e. The first kappa shape index (κ1) is 18.6. The molecule has 0 radical (unpaired) electrons. The van der Waals surface area contributed by atoms with E-state index in [0.717, 1.165) is 23.4 Å². The van der Waals surface area contributed by atoms with Gasteiger partial charge in [0.1, 0.15) is 12.7 Å². The summed E-state index contributed by atoms with van der Waals surface area (Å²) in [5, 5.41) is 12.4. The molecule has 0 amide bonds. The fourth-order valence-electron chi connectivity index (χ4n) is 2.78. The van der Waals surface area contributed by atoms with Crippen molar-refractivity contribution in [3.05, 3.63) is 83.4 Å². The molecule has 4 rings (SSSR count). The summed E-state index contributed by atoms with van der Waals surface area (Å²) >= 11 is 0. The van der Waals surface area contributed by atoms with Crippen LogP contribution in [0, 0.1) is 12.3 Å². The third kappa shape index (κ3) is 3.66. The summed E-state index contributed by atoms with van der Waals surface area (Å²) in [4.78, 5) is 8.60. The van der Waals surface area contributed by atoms with Gasteiger partial charge < -0.3 is 0 Å². The molecule has 0 spiro atoms. The van der Waals surface area contributed by atoms with Crippen molar-refractivity contribution >= 4 is 17.4 Å². The van der Waals surface area contributed by atoms with E-state index in [4.69, 9.17) is 5.41 Å². The Hall–Kier alpha value is -3.75. The molecule has 0 aliphatic carbocycles. The van der Waals surface area contributed by atoms with Gasteiger partial charge in [-0.1, -0.05) is 29.8 Å². The number of nitrogens with one attached hydrogen (secondary N) is 1. The van der Waals surface area contributed by atoms with Crippen LogP contribution in [-0.4, -0.2) is 25.4 Å². The van der Waals surface area contributed by atoms with E-state index >= 15 is 0 Å². The first-order valence-corrected chi connectivity index (χ1v) is 8.61. The van der Waals surface area contributed by atoms with Gasteiger partial charge in [-0.05, 0) is 36.8 Å². The molecule has 146 valence electrons. The lowest BCUT2D eigenvalue weighted by Gasteiger charge is -2.06. The number of aromatic nitrogens is 4. The third-order valence-corrected chi connectivity index (χ3v) is 4.37. The maximum atomic E-state index is 12.6. The number of benzene rings is 2. The predicted molar refractivity (Wildman–Crippen MR) is 102 cm³/mol. The fourth-order valence-corrected chi connectivity index (χ4v) is 2.78. The highest BCUT2D eigenvalue weighted by molar-refractivity contribution is 5.79. The standard InChI is InChI=1S/C20H15F3N6/c1-13-2-8-16(9-3-13)28-11-25-17-18(24)29(12-26-19(17)28)27-10-14-4-6-15(7-5-14)20(21,22)23/h2-12,24H,1H3/b24-18?,27-10-. The highest BCUT2D eigenvalue weighted by Gasteiger charge is 2.29. The third-order valence-electron chi connectivity index (χ3n) is 4.37. The summed E-state index contributed by atoms with van der Waals surface area (Å²) < 4.78 is 40.9. The topological polar surface area (TPSA) is 71.8 Å². The van der Waals surface area contributed by atoms with E-state index in [1.165, 1.54) is 29.4 Å². The average Bonchev–Trinajstić information content (AvgIpc) is 3.13. The van der Waals surface area contributed by atoms with Gasteiger partial charge in [0.25, 0.3) is 0 Å². The molecule has 0 aliphatic heterocycles. The molecule has 0 atom stereocenters. The van der Waals surface area contributed by atoms with E-state index in [9.17, 15) is 13.2 Å². The predicted octanol–water partition coefficient (Wildman–Crippen LogP) is 3.91. The van der Waals surface area contributed by atoms with Crippen LogP contribution >= 0.6 is 0 Å². The summed E-state index contributed by atoms with van der Waals surface area (Å²) in [5.74, 6) is 0. The number of hydrogen-bond acceptors (Lipinski definition) is 4. The molecule has 2 aromatic carbocycles. The average molecular weight is 396 g/mol. The minimum Gasteiger partial charge on any atom is -0.283 e. The van der Waals surface area contributed by atoms with Crippen molar-refractivity contribution < 1.29 is 13.2 Å². The molecule has 0 unspecified atom stereocenters. The van der Waals surface area contributed by atoms with Crippen LogP contribution in [0.3, 0.4) is 0 Å². The molecule has 2 aromatic heterocycles. The van der Waals surface area contributed by atoms with E-state index in [0.29, 0.717) is 16.7 Å². The van der Waals surface area contributed by atoms with Gasteiger partial charge in [0.05, 0.1) is 11.8 Å². The van der Waals surface area contributed by atoms with Gasteiger partial charge in [-0.3, -0.25) is 9.98 Å². The summed E-state index contributed by atoms with van der Waals surface area (Å²) in [6.45, 7) is 1.99. The smallest absolute Gasteiger partial charge is 0.283 e. The lowest BCUT2D eigenvalue weighted by atomic mass is 10.1. The second kappa shape index (κ2) is 7.01. The normalized spacial score (nSPS) is 12.1. The zero-order valence-electron chi connectivity index (χ0n) is 15.2. The summed E-state index contributed by atoms with van der Waals surface area (Å²) in [5.41, 5.74) is 2.63. The second-order valence-corrected chi connectivity index (χ2v) is 6.42. The molecule has 4 aromatic rings. The van der Waals surface area contributed by atoms with Crippen molar-refractivity contribution in [2.24, 2.45) is 5.10 Å². The minimum absolute atomic E-state index is 0.0176. The van der Waals surface area contributed by atoms with E-state index in [1.807, 2.05) is 31.2 Å². The lowest BCUT2D eigenvalue weighted by molar-refractivity contribution is -0.137. The first-order chi connectivity index (χ1) is 13.8. The number of halogens is 3. The number of fused-ring (bicyclic) bond motifs is 1. The monoisotopic (exact) mass is 396 g/mol. The quantitative estimate of drug-likeness (QED) is 0.534. The molecule has 0 saturated heterocycles. The van der Waals surface area contributed by atoms with E-state index in [1.54, 1.807) is 10.9 Å². The SMILES string of the molecule is Cc1ccc(-n2cnc3c(=N)n(/N=C\c4ccc(C(F)(F)F)cc4)cnc32)cc1. The minimum atomic E-state index is -4.38. The Bertz CT molecular complexity index is 1250. The molecular weight excluding hydrogens is 381 g/mol. The van der Waals surface area contributed by atoms with Crippen LogP contribution in [-0.2, 0) is 6.18 Å². The summed E-state index contributed by atoms with van der Waals surface area (Å²) in [6.07, 6.45) is -0.0609. The van der Waals surface area contributed by atoms with Gasteiger partial charge in [0, 0.05) is 5.69 Å². The van der Waals surface area contributed by atoms with Crippen molar-refractivity contribution in [3.8, 4) is 5.69 Å². The molecule has 0 bridgehead atoms. The van der Waals surface area contributed by atoms with Crippen molar-refractivity contribution in [2.75, 3.05) is 0 Å². The molecule has 29 heavy (non-hydrogen) atoms. The summed E-state index contributed by atoms with van der Waals surface area (Å²) in [6, 6.07) is 12.4. The molecule has 0 saturated carbocycles. The molecule has 1 N–H and O–H groups in total. The molecule has 0 aliphatic rings. The van der Waals surface area contributed by atoms with Crippen LogP contribution in [0.2, 0.25) is 0 Å². The molecule has 6 nitrogen and oxygen atoms in total. The number of rotatable bonds is 3. The summed E-state index contributed by atoms with van der Waals surface area (Å²) in [7, 11) is 0.